The Labute approximate surface area is 237 Å². The van der Waals surface area contributed by atoms with Crippen LogP contribution in [0.4, 0.5) is 4.79 Å². The summed E-state index contributed by atoms with van der Waals surface area (Å²) in [5.74, 6) is 1.70. The summed E-state index contributed by atoms with van der Waals surface area (Å²) in [6.07, 6.45) is 3.73. The van der Waals surface area contributed by atoms with Gasteiger partial charge >= 0.3 is 6.09 Å². The van der Waals surface area contributed by atoms with E-state index in [-0.39, 0.29) is 12.7 Å². The predicted molar refractivity (Wildman–Crippen MR) is 150 cm³/mol. The van der Waals surface area contributed by atoms with E-state index < -0.39 is 5.60 Å². The second-order valence-corrected chi connectivity index (χ2v) is 12.0. The van der Waals surface area contributed by atoms with Gasteiger partial charge in [0, 0.05) is 24.7 Å². The lowest BCUT2D eigenvalue weighted by atomic mass is 9.93. The van der Waals surface area contributed by atoms with Crippen molar-refractivity contribution in [3.05, 3.63) is 56.2 Å². The van der Waals surface area contributed by atoms with E-state index in [1.807, 2.05) is 31.7 Å². The number of imidazole rings is 1. The third-order valence-corrected chi connectivity index (χ3v) is 7.54. The molecule has 2 aromatic carbocycles. The molecule has 1 amide bonds. The van der Waals surface area contributed by atoms with Crippen LogP contribution in [0.1, 0.15) is 52.3 Å². The average molecular weight is 587 g/mol. The van der Waals surface area contributed by atoms with Crippen LogP contribution in [-0.2, 0) is 17.9 Å². The van der Waals surface area contributed by atoms with Gasteiger partial charge in [-0.15, -0.1) is 0 Å². The fourth-order valence-electron chi connectivity index (χ4n) is 4.60. The molecule has 1 atom stereocenters. The maximum Gasteiger partial charge on any atom is 0.410 e. The average Bonchev–Trinajstić information content (AvgIpc) is 3.14. The monoisotopic (exact) mass is 585 g/mol. The first kappa shape index (κ1) is 28.2. The van der Waals surface area contributed by atoms with Gasteiger partial charge in [0.25, 0.3) is 0 Å². The molecule has 0 spiro atoms. The molecule has 1 saturated heterocycles. The van der Waals surface area contributed by atoms with E-state index >= 15 is 0 Å². The lowest BCUT2D eigenvalue weighted by molar-refractivity contribution is 0.0160. The highest BCUT2D eigenvalue weighted by atomic mass is 35.5. The standard InChI is InChI=1S/C27H31Cl4N3O3/c1-27(2,3)37-26(35)33-10-4-6-17(15-33)7-5-11-34-23-14-20(30)19(29)13-22(23)32-25(34)16-36-24-9-8-18(28)12-21(24)31/h8-9,12-14,17H,4-7,10-11,15-16H2,1-3H3. The highest BCUT2D eigenvalue weighted by molar-refractivity contribution is 6.42. The van der Waals surface area contributed by atoms with E-state index in [0.717, 1.165) is 55.6 Å². The first-order valence-electron chi connectivity index (χ1n) is 12.4. The largest absolute Gasteiger partial charge is 0.484 e. The molecule has 0 radical (unpaired) electrons. The van der Waals surface area contributed by atoms with Crippen LogP contribution >= 0.6 is 46.4 Å². The molecule has 0 saturated carbocycles. The van der Waals surface area contributed by atoms with Crippen molar-refractivity contribution < 1.29 is 14.3 Å². The maximum absolute atomic E-state index is 12.5. The molecule has 200 valence electrons. The van der Waals surface area contributed by atoms with Crippen molar-refractivity contribution in [2.45, 2.75) is 65.2 Å². The molecule has 0 aliphatic carbocycles. The lowest BCUT2D eigenvalue weighted by Gasteiger charge is -2.34. The van der Waals surface area contributed by atoms with Crippen molar-refractivity contribution >= 4 is 63.5 Å². The van der Waals surface area contributed by atoms with Crippen molar-refractivity contribution in [1.29, 1.82) is 0 Å². The zero-order chi connectivity index (χ0) is 26.7. The number of aryl methyl sites for hydroxylation is 1. The summed E-state index contributed by atoms with van der Waals surface area (Å²) in [6, 6.07) is 8.73. The van der Waals surface area contributed by atoms with Crippen molar-refractivity contribution in [1.82, 2.24) is 14.5 Å². The van der Waals surface area contributed by atoms with E-state index in [1.54, 1.807) is 24.3 Å². The molecule has 3 aromatic rings. The van der Waals surface area contributed by atoms with Gasteiger partial charge in [0.05, 0.1) is 26.1 Å². The van der Waals surface area contributed by atoms with Gasteiger partial charge in [-0.2, -0.15) is 0 Å². The molecule has 0 N–H and O–H groups in total. The van der Waals surface area contributed by atoms with E-state index in [9.17, 15) is 4.79 Å². The Balaban J connectivity index is 1.45. The zero-order valence-electron chi connectivity index (χ0n) is 21.2. The molecule has 1 fully saturated rings. The SMILES string of the molecule is CC(C)(C)OC(=O)N1CCCC(CCCn2c(COc3ccc(Cl)cc3Cl)nc3cc(Cl)c(Cl)cc32)C1. The molecule has 4 rings (SSSR count). The van der Waals surface area contributed by atoms with Gasteiger partial charge in [-0.05, 0) is 82.7 Å². The first-order chi connectivity index (χ1) is 17.5. The summed E-state index contributed by atoms with van der Waals surface area (Å²) in [5, 5.41) is 1.91. The Morgan fingerprint density at radius 2 is 1.84 bits per heavy atom. The number of benzene rings is 2. The second kappa shape index (κ2) is 11.9. The minimum absolute atomic E-state index is 0.223. The Morgan fingerprint density at radius 3 is 2.57 bits per heavy atom. The van der Waals surface area contributed by atoms with Crippen LogP contribution in [0.2, 0.25) is 20.1 Å². The summed E-state index contributed by atoms with van der Waals surface area (Å²) in [7, 11) is 0. The molecule has 1 unspecified atom stereocenters. The highest BCUT2D eigenvalue weighted by Gasteiger charge is 2.27. The number of carbonyl (C=O) groups is 1. The summed E-state index contributed by atoms with van der Waals surface area (Å²) >= 11 is 24.9. The van der Waals surface area contributed by atoms with E-state index in [4.69, 9.17) is 60.9 Å². The number of ether oxygens (including phenoxy) is 2. The number of carbonyl (C=O) groups excluding carboxylic acids is 1. The van der Waals surface area contributed by atoms with E-state index in [0.29, 0.717) is 38.3 Å². The second-order valence-electron chi connectivity index (χ2n) is 10.4. The summed E-state index contributed by atoms with van der Waals surface area (Å²) in [5.41, 5.74) is 1.16. The minimum Gasteiger partial charge on any atom is -0.484 e. The molecule has 2 heterocycles. The molecular weight excluding hydrogens is 556 g/mol. The van der Waals surface area contributed by atoms with Crippen LogP contribution in [0, 0.1) is 5.92 Å². The molecule has 6 nitrogen and oxygen atoms in total. The van der Waals surface area contributed by atoms with E-state index in [2.05, 4.69) is 4.57 Å². The van der Waals surface area contributed by atoms with Crippen LogP contribution in [-0.4, -0.2) is 39.2 Å². The topological polar surface area (TPSA) is 56.6 Å². The van der Waals surface area contributed by atoms with Crippen LogP contribution < -0.4 is 4.74 Å². The number of hydrogen-bond acceptors (Lipinski definition) is 4. The Morgan fingerprint density at radius 1 is 1.08 bits per heavy atom. The van der Waals surface area contributed by atoms with Crippen molar-refractivity contribution in [3.63, 3.8) is 0 Å². The van der Waals surface area contributed by atoms with E-state index in [1.165, 1.54) is 0 Å². The smallest absolute Gasteiger partial charge is 0.410 e. The van der Waals surface area contributed by atoms with Crippen LogP contribution in [0.3, 0.4) is 0 Å². The Bertz CT molecular complexity index is 1270. The number of nitrogens with zero attached hydrogens (tertiary/aromatic N) is 3. The van der Waals surface area contributed by atoms with Gasteiger partial charge in [0.2, 0.25) is 0 Å². The van der Waals surface area contributed by atoms with Gasteiger partial charge in [0.1, 0.15) is 23.8 Å². The van der Waals surface area contributed by atoms with Crippen LogP contribution in [0.15, 0.2) is 30.3 Å². The molecule has 1 aliphatic heterocycles. The van der Waals surface area contributed by atoms with Gasteiger partial charge in [-0.3, -0.25) is 0 Å². The molecule has 37 heavy (non-hydrogen) atoms. The number of fused-ring (bicyclic) bond motifs is 1. The Kier molecular flexibility index (Phi) is 9.05. The van der Waals surface area contributed by atoms with Crippen molar-refractivity contribution in [3.8, 4) is 5.75 Å². The first-order valence-corrected chi connectivity index (χ1v) is 13.9. The maximum atomic E-state index is 12.5. The summed E-state index contributed by atoms with van der Waals surface area (Å²) in [4.78, 5) is 19.1. The van der Waals surface area contributed by atoms with Gasteiger partial charge in [-0.25, -0.2) is 9.78 Å². The number of aromatic nitrogens is 2. The number of likely N-dealkylation sites (tertiary alicyclic amines) is 1. The molecule has 1 aliphatic rings. The third kappa shape index (κ3) is 7.38. The third-order valence-electron chi connectivity index (χ3n) is 6.28. The van der Waals surface area contributed by atoms with Crippen LogP contribution in [0.25, 0.3) is 11.0 Å². The summed E-state index contributed by atoms with van der Waals surface area (Å²) in [6.45, 7) is 8.08. The number of hydrogen-bond donors (Lipinski definition) is 0. The van der Waals surface area contributed by atoms with Gasteiger partial charge in [0.15, 0.2) is 0 Å². The number of amides is 1. The molecule has 1 aromatic heterocycles. The molecular formula is C27H31Cl4N3O3. The highest BCUT2D eigenvalue weighted by Crippen LogP contribution is 2.31. The number of halogens is 4. The quantitative estimate of drug-likeness (QED) is 0.278. The number of rotatable bonds is 7. The zero-order valence-corrected chi connectivity index (χ0v) is 24.2. The fraction of sp³-hybridized carbons (Fsp3) is 0.481. The number of piperidine rings is 1. The van der Waals surface area contributed by atoms with Crippen molar-refractivity contribution in [2.24, 2.45) is 5.92 Å². The molecule has 0 bridgehead atoms. The normalized spacial score (nSPS) is 16.3. The van der Waals surface area contributed by atoms with Gasteiger partial charge in [-0.1, -0.05) is 46.4 Å². The lowest BCUT2D eigenvalue weighted by Crippen LogP contribution is -2.42. The van der Waals surface area contributed by atoms with Crippen LogP contribution in [0.5, 0.6) is 5.75 Å². The summed E-state index contributed by atoms with van der Waals surface area (Å²) < 4.78 is 13.7. The molecule has 10 heteroatoms. The minimum atomic E-state index is -0.495. The van der Waals surface area contributed by atoms with Gasteiger partial charge < -0.3 is 18.9 Å². The predicted octanol–water partition coefficient (Wildman–Crippen LogP) is 8.66. The Hall–Kier alpha value is -1.86. The fourth-order valence-corrected chi connectivity index (χ4v) is 5.37. The van der Waals surface area contributed by atoms with Crippen molar-refractivity contribution in [2.75, 3.05) is 13.1 Å².